The van der Waals surface area contributed by atoms with Crippen LogP contribution >= 0.6 is 11.8 Å². The third-order valence-electron chi connectivity index (χ3n) is 2.33. The van der Waals surface area contributed by atoms with Gasteiger partial charge in [0, 0.05) is 10.1 Å². The number of halogens is 1. The molecule has 0 aliphatic heterocycles. The van der Waals surface area contributed by atoms with Crippen molar-refractivity contribution >= 4 is 11.8 Å². The summed E-state index contributed by atoms with van der Waals surface area (Å²) >= 11 is 1.44. The Morgan fingerprint density at radius 2 is 2.00 bits per heavy atom. The van der Waals surface area contributed by atoms with Crippen LogP contribution in [0.2, 0.25) is 0 Å². The van der Waals surface area contributed by atoms with E-state index in [0.29, 0.717) is 11.1 Å². The Morgan fingerprint density at radius 3 is 2.50 bits per heavy atom. The monoisotopic (exact) mass is 244 g/mol. The zero-order chi connectivity index (χ0) is 12.3. The van der Waals surface area contributed by atoms with Gasteiger partial charge in [0.15, 0.2) is 0 Å². The van der Waals surface area contributed by atoms with Gasteiger partial charge in [-0.2, -0.15) is 0 Å². The molecule has 0 aliphatic carbocycles. The van der Waals surface area contributed by atoms with Gasteiger partial charge in [-0.3, -0.25) is 0 Å². The Morgan fingerprint density at radius 1 is 1.38 bits per heavy atom. The van der Waals surface area contributed by atoms with Crippen LogP contribution in [0.15, 0.2) is 17.0 Å². The second-order valence-electron chi connectivity index (χ2n) is 3.93. The predicted molar refractivity (Wildman–Crippen MR) is 64.2 cm³/mol. The summed E-state index contributed by atoms with van der Waals surface area (Å²) in [5.41, 5.74) is 1.13. The topological polar surface area (TPSA) is 40.5 Å². The average molecular weight is 244 g/mol. The molecule has 1 rings (SSSR count). The highest BCUT2D eigenvalue weighted by Crippen LogP contribution is 2.32. The summed E-state index contributed by atoms with van der Waals surface area (Å²) in [6.45, 7) is 5.24. The van der Waals surface area contributed by atoms with Crippen LogP contribution in [-0.4, -0.2) is 22.1 Å². The smallest absolute Gasteiger partial charge is 0.126 e. The van der Waals surface area contributed by atoms with E-state index in [1.807, 2.05) is 6.92 Å². The Labute approximate surface area is 99.5 Å². The predicted octanol–water partition coefficient (Wildman–Crippen LogP) is 2.66. The number of aryl methyl sites for hydroxylation is 1. The van der Waals surface area contributed by atoms with Crippen LogP contribution in [0.1, 0.15) is 31.1 Å². The van der Waals surface area contributed by atoms with Crippen molar-refractivity contribution < 1.29 is 14.6 Å². The lowest BCUT2D eigenvalue weighted by atomic mass is 10.1. The lowest BCUT2D eigenvalue weighted by Gasteiger charge is -2.15. The molecule has 0 fully saturated rings. The molecule has 90 valence electrons. The molecule has 0 bridgehead atoms. The first-order chi connectivity index (χ1) is 7.45. The Kier molecular flexibility index (Phi) is 4.77. The Bertz CT molecular complexity index is 366. The lowest BCUT2D eigenvalue weighted by molar-refractivity contribution is 0.195. The third-order valence-corrected chi connectivity index (χ3v) is 3.49. The summed E-state index contributed by atoms with van der Waals surface area (Å²) in [6, 6.07) is 3.08. The zero-order valence-corrected chi connectivity index (χ0v) is 10.5. The molecule has 0 amide bonds. The maximum atomic E-state index is 13.4. The molecule has 1 aromatic rings. The van der Waals surface area contributed by atoms with E-state index >= 15 is 0 Å². The first-order valence-corrected chi connectivity index (χ1v) is 6.09. The largest absolute Gasteiger partial charge is 0.395 e. The quantitative estimate of drug-likeness (QED) is 0.800. The summed E-state index contributed by atoms with van der Waals surface area (Å²) in [7, 11) is 0. The summed E-state index contributed by atoms with van der Waals surface area (Å²) in [5, 5.41) is 18.6. The number of thioether (sulfide) groups is 1. The number of hydrogen-bond donors (Lipinski definition) is 2. The highest BCUT2D eigenvalue weighted by molar-refractivity contribution is 8.00. The minimum absolute atomic E-state index is 0.0300. The van der Waals surface area contributed by atoms with E-state index < -0.39 is 6.10 Å². The summed E-state index contributed by atoms with van der Waals surface area (Å²) in [4.78, 5) is 0.829. The number of benzene rings is 1. The maximum absolute atomic E-state index is 13.4. The summed E-state index contributed by atoms with van der Waals surface area (Å²) < 4.78 is 13.4. The molecule has 0 radical (unpaired) electrons. The minimum atomic E-state index is -0.705. The molecule has 0 saturated heterocycles. The molecule has 0 aliphatic rings. The van der Waals surface area contributed by atoms with Gasteiger partial charge >= 0.3 is 0 Å². The van der Waals surface area contributed by atoms with Gasteiger partial charge in [0.2, 0.25) is 0 Å². The first kappa shape index (κ1) is 13.5. The number of aliphatic hydroxyl groups excluding tert-OH is 2. The average Bonchev–Trinajstić information content (AvgIpc) is 2.22. The molecule has 2 atom stereocenters. The van der Waals surface area contributed by atoms with Gasteiger partial charge in [-0.05, 0) is 37.1 Å². The van der Waals surface area contributed by atoms with Gasteiger partial charge in [-0.15, -0.1) is 11.8 Å². The Balaban J connectivity index is 3.09. The van der Waals surface area contributed by atoms with E-state index in [1.165, 1.54) is 17.8 Å². The highest BCUT2D eigenvalue weighted by atomic mass is 32.2. The number of aliphatic hydroxyl groups is 2. The SMILES string of the molecule is Cc1cc(SC(C)CO)c(C(C)O)cc1F. The molecular formula is C12H17FO2S. The van der Waals surface area contributed by atoms with Crippen molar-refractivity contribution in [3.8, 4) is 0 Å². The van der Waals surface area contributed by atoms with Crippen molar-refractivity contribution in [2.45, 2.75) is 37.0 Å². The van der Waals surface area contributed by atoms with E-state index in [1.54, 1.807) is 19.9 Å². The van der Waals surface area contributed by atoms with Crippen molar-refractivity contribution in [2.75, 3.05) is 6.61 Å². The third kappa shape index (κ3) is 3.20. The fraction of sp³-hybridized carbons (Fsp3) is 0.500. The van der Waals surface area contributed by atoms with E-state index in [2.05, 4.69) is 0 Å². The molecule has 2 unspecified atom stereocenters. The second kappa shape index (κ2) is 5.66. The molecule has 1 aromatic carbocycles. The highest BCUT2D eigenvalue weighted by Gasteiger charge is 2.14. The van der Waals surface area contributed by atoms with Gasteiger partial charge < -0.3 is 10.2 Å². The van der Waals surface area contributed by atoms with E-state index in [-0.39, 0.29) is 17.7 Å². The molecule has 0 saturated carbocycles. The molecule has 4 heteroatoms. The summed E-state index contributed by atoms with van der Waals surface area (Å²) in [6.07, 6.45) is -0.705. The van der Waals surface area contributed by atoms with Crippen LogP contribution in [0.3, 0.4) is 0 Å². The van der Waals surface area contributed by atoms with Crippen molar-refractivity contribution in [3.63, 3.8) is 0 Å². The normalized spacial score (nSPS) is 14.9. The van der Waals surface area contributed by atoms with Crippen molar-refractivity contribution in [1.29, 1.82) is 0 Å². The van der Waals surface area contributed by atoms with Crippen molar-refractivity contribution in [1.82, 2.24) is 0 Å². The fourth-order valence-electron chi connectivity index (χ4n) is 1.35. The molecule has 0 aromatic heterocycles. The molecular weight excluding hydrogens is 227 g/mol. The fourth-order valence-corrected chi connectivity index (χ4v) is 2.47. The van der Waals surface area contributed by atoms with E-state index in [4.69, 9.17) is 5.11 Å². The Hall–Kier alpha value is -0.580. The van der Waals surface area contributed by atoms with Crippen LogP contribution in [0.5, 0.6) is 0 Å². The van der Waals surface area contributed by atoms with Gasteiger partial charge in [0.1, 0.15) is 5.82 Å². The first-order valence-electron chi connectivity index (χ1n) is 5.21. The van der Waals surface area contributed by atoms with Gasteiger partial charge in [-0.1, -0.05) is 6.92 Å². The van der Waals surface area contributed by atoms with E-state index in [0.717, 1.165) is 4.90 Å². The number of hydrogen-bond acceptors (Lipinski definition) is 3. The molecule has 0 heterocycles. The van der Waals surface area contributed by atoms with Gasteiger partial charge in [-0.25, -0.2) is 4.39 Å². The number of rotatable bonds is 4. The standard InChI is InChI=1S/C12H17FO2S/c1-7-4-12(16-8(2)6-14)10(9(3)15)5-11(7)13/h4-5,8-9,14-15H,6H2,1-3H3. The van der Waals surface area contributed by atoms with Crippen LogP contribution in [0.4, 0.5) is 4.39 Å². The molecule has 0 spiro atoms. The lowest BCUT2D eigenvalue weighted by Crippen LogP contribution is -2.05. The van der Waals surface area contributed by atoms with Crippen LogP contribution in [-0.2, 0) is 0 Å². The maximum Gasteiger partial charge on any atom is 0.126 e. The zero-order valence-electron chi connectivity index (χ0n) is 9.70. The van der Waals surface area contributed by atoms with Crippen LogP contribution in [0, 0.1) is 12.7 Å². The van der Waals surface area contributed by atoms with Crippen molar-refractivity contribution in [2.24, 2.45) is 0 Å². The van der Waals surface area contributed by atoms with Gasteiger partial charge in [0.25, 0.3) is 0 Å². The molecule has 16 heavy (non-hydrogen) atoms. The minimum Gasteiger partial charge on any atom is -0.395 e. The van der Waals surface area contributed by atoms with Crippen molar-refractivity contribution in [3.05, 3.63) is 29.1 Å². The van der Waals surface area contributed by atoms with Gasteiger partial charge in [0.05, 0.1) is 12.7 Å². The second-order valence-corrected chi connectivity index (χ2v) is 5.41. The molecule has 2 nitrogen and oxygen atoms in total. The molecule has 2 N–H and O–H groups in total. The van der Waals surface area contributed by atoms with E-state index in [9.17, 15) is 9.50 Å². The summed E-state index contributed by atoms with van der Waals surface area (Å²) in [5.74, 6) is -0.308. The van der Waals surface area contributed by atoms with Crippen LogP contribution < -0.4 is 0 Å². The van der Waals surface area contributed by atoms with Crippen LogP contribution in [0.25, 0.3) is 0 Å².